The molecule has 162 valence electrons. The average molecular weight is 456 g/mol. The van der Waals surface area contributed by atoms with E-state index in [0.29, 0.717) is 37.7 Å². The maximum Gasteiger partial charge on any atom is 0.274 e. The van der Waals surface area contributed by atoms with Crippen molar-refractivity contribution < 1.29 is 9.59 Å². The summed E-state index contributed by atoms with van der Waals surface area (Å²) in [6, 6.07) is 3.96. The van der Waals surface area contributed by atoms with E-state index in [2.05, 4.69) is 4.98 Å². The highest BCUT2D eigenvalue weighted by atomic mass is 32.1. The summed E-state index contributed by atoms with van der Waals surface area (Å²) in [6.07, 6.45) is 3.62. The fourth-order valence-electron chi connectivity index (χ4n) is 4.06. The van der Waals surface area contributed by atoms with Gasteiger partial charge in [0, 0.05) is 54.6 Å². The largest absolute Gasteiger partial charge is 0.338 e. The van der Waals surface area contributed by atoms with Crippen molar-refractivity contribution in [3.05, 3.63) is 55.9 Å². The fourth-order valence-corrected chi connectivity index (χ4v) is 5.30. The highest BCUT2D eigenvalue weighted by Crippen LogP contribution is 2.33. The molecule has 1 fully saturated rings. The molecule has 4 heterocycles. The Kier molecular flexibility index (Phi) is 5.62. The van der Waals surface area contributed by atoms with E-state index in [1.54, 1.807) is 28.8 Å². The number of nitrogens with zero attached hydrogens (tertiary/aromatic N) is 5. The van der Waals surface area contributed by atoms with Gasteiger partial charge in [0.15, 0.2) is 5.69 Å². The van der Waals surface area contributed by atoms with Crippen LogP contribution in [0.15, 0.2) is 28.4 Å². The number of hydrogen-bond acceptors (Lipinski definition) is 6. The smallest absolute Gasteiger partial charge is 0.274 e. The van der Waals surface area contributed by atoms with Gasteiger partial charge in [-0.25, -0.2) is 4.98 Å². The predicted octanol–water partition coefficient (Wildman–Crippen LogP) is 3.21. The molecule has 1 saturated carbocycles. The molecule has 7 nitrogen and oxygen atoms in total. The third-order valence-electron chi connectivity index (χ3n) is 5.95. The van der Waals surface area contributed by atoms with E-state index in [0.717, 1.165) is 34.8 Å². The number of rotatable bonds is 7. The number of thiazole rings is 1. The molecular weight excluding hydrogens is 430 g/mol. The molecule has 2 amide bonds. The average Bonchev–Trinajstić information content (AvgIpc) is 3.14. The van der Waals surface area contributed by atoms with E-state index in [1.807, 2.05) is 32.5 Å². The van der Waals surface area contributed by atoms with Gasteiger partial charge in [0.05, 0.1) is 24.2 Å². The number of amides is 2. The molecule has 9 heteroatoms. The summed E-state index contributed by atoms with van der Waals surface area (Å²) in [5.41, 5.74) is 5.18. The molecule has 0 N–H and O–H groups in total. The van der Waals surface area contributed by atoms with Crippen LogP contribution < -0.4 is 0 Å². The van der Waals surface area contributed by atoms with Crippen molar-refractivity contribution in [2.24, 2.45) is 5.92 Å². The van der Waals surface area contributed by atoms with Gasteiger partial charge in [0.1, 0.15) is 0 Å². The number of carbonyl (C=O) groups excluding carboxylic acids is 2. The lowest BCUT2D eigenvalue weighted by Crippen LogP contribution is -2.38. The van der Waals surface area contributed by atoms with Crippen LogP contribution in [-0.2, 0) is 37.3 Å². The molecule has 1 aliphatic carbocycles. The number of aromatic nitrogens is 3. The quantitative estimate of drug-likeness (QED) is 0.549. The fraction of sp³-hybridized carbons (Fsp3) is 0.455. The van der Waals surface area contributed by atoms with E-state index in [1.165, 1.54) is 24.2 Å². The molecule has 2 aliphatic rings. The lowest BCUT2D eigenvalue weighted by atomic mass is 10.0. The van der Waals surface area contributed by atoms with Crippen LogP contribution >= 0.6 is 22.7 Å². The second kappa shape index (κ2) is 8.55. The first kappa shape index (κ1) is 20.4. The first-order chi connectivity index (χ1) is 15.1. The lowest BCUT2D eigenvalue weighted by Gasteiger charge is -2.28. The van der Waals surface area contributed by atoms with Crippen molar-refractivity contribution in [2.45, 2.75) is 45.3 Å². The number of thiophene rings is 1. The van der Waals surface area contributed by atoms with E-state index < -0.39 is 0 Å². The van der Waals surface area contributed by atoms with Crippen LogP contribution in [0.2, 0.25) is 0 Å². The summed E-state index contributed by atoms with van der Waals surface area (Å²) in [4.78, 5) is 35.1. The van der Waals surface area contributed by atoms with Crippen LogP contribution in [0.5, 0.6) is 0 Å². The minimum Gasteiger partial charge on any atom is -0.338 e. The number of carbonyl (C=O) groups is 2. The highest BCUT2D eigenvalue weighted by molar-refractivity contribution is 7.10. The van der Waals surface area contributed by atoms with Crippen molar-refractivity contribution >= 4 is 34.5 Å². The summed E-state index contributed by atoms with van der Waals surface area (Å²) in [7, 11) is 1.79. The van der Waals surface area contributed by atoms with Crippen molar-refractivity contribution in [3.8, 4) is 0 Å². The Bertz CT molecular complexity index is 1070. The van der Waals surface area contributed by atoms with Gasteiger partial charge in [-0.3, -0.25) is 14.3 Å². The van der Waals surface area contributed by atoms with Gasteiger partial charge in [0.25, 0.3) is 5.91 Å². The summed E-state index contributed by atoms with van der Waals surface area (Å²) in [5, 5.41) is 8.71. The maximum absolute atomic E-state index is 13.3. The lowest BCUT2D eigenvalue weighted by molar-refractivity contribution is -0.131. The summed E-state index contributed by atoms with van der Waals surface area (Å²) in [5.74, 6) is 0.668. The molecule has 0 saturated heterocycles. The Labute approximate surface area is 189 Å². The molecule has 0 radical (unpaired) electrons. The van der Waals surface area contributed by atoms with Crippen LogP contribution in [0.4, 0.5) is 0 Å². The van der Waals surface area contributed by atoms with Crippen molar-refractivity contribution in [1.29, 1.82) is 0 Å². The topological polar surface area (TPSA) is 71.3 Å². The van der Waals surface area contributed by atoms with Gasteiger partial charge in [-0.05, 0) is 30.2 Å². The van der Waals surface area contributed by atoms with Crippen LogP contribution in [-0.4, -0.2) is 50.0 Å². The molecule has 0 spiro atoms. The van der Waals surface area contributed by atoms with Crippen LogP contribution in [0.25, 0.3) is 0 Å². The van der Waals surface area contributed by atoms with Crippen LogP contribution in [0, 0.1) is 5.92 Å². The van der Waals surface area contributed by atoms with Gasteiger partial charge in [-0.2, -0.15) is 5.10 Å². The number of fused-ring (bicyclic) bond motifs is 1. The Balaban J connectivity index is 1.38. The normalized spacial score (nSPS) is 15.7. The summed E-state index contributed by atoms with van der Waals surface area (Å²) >= 11 is 3.12. The van der Waals surface area contributed by atoms with E-state index in [4.69, 9.17) is 5.10 Å². The van der Waals surface area contributed by atoms with Gasteiger partial charge in [-0.15, -0.1) is 22.7 Å². The second-order valence-corrected chi connectivity index (χ2v) is 10.1. The minimum absolute atomic E-state index is 0.105. The van der Waals surface area contributed by atoms with E-state index in [-0.39, 0.29) is 11.8 Å². The zero-order chi connectivity index (χ0) is 21.4. The van der Waals surface area contributed by atoms with Gasteiger partial charge in [-0.1, -0.05) is 6.07 Å². The standard InChI is InChI=1S/C22H25N5O2S2/c1-25(11-16-13-30-14-23-16)22(29)21-18-12-26(20(28)9-17-3-2-8-31-17)7-6-19(18)27(24-21)10-15-4-5-15/h2-3,8,13-15H,4-7,9-12H2,1H3. The van der Waals surface area contributed by atoms with E-state index in [9.17, 15) is 9.59 Å². The second-order valence-electron chi connectivity index (χ2n) is 8.36. The maximum atomic E-state index is 13.3. The third-order valence-corrected chi connectivity index (χ3v) is 7.46. The molecule has 1 aliphatic heterocycles. The Hall–Kier alpha value is -2.52. The predicted molar refractivity (Wildman–Crippen MR) is 120 cm³/mol. The van der Waals surface area contributed by atoms with Gasteiger partial charge < -0.3 is 9.80 Å². The monoisotopic (exact) mass is 455 g/mol. The van der Waals surface area contributed by atoms with Crippen LogP contribution in [0.3, 0.4) is 0 Å². The summed E-state index contributed by atoms with van der Waals surface area (Å²) in [6.45, 7) is 2.45. The highest BCUT2D eigenvalue weighted by Gasteiger charge is 2.33. The molecule has 5 rings (SSSR count). The summed E-state index contributed by atoms with van der Waals surface area (Å²) < 4.78 is 2.04. The molecule has 31 heavy (non-hydrogen) atoms. The molecular formula is C22H25N5O2S2. The van der Waals surface area contributed by atoms with Gasteiger partial charge >= 0.3 is 0 Å². The third kappa shape index (κ3) is 4.43. The van der Waals surface area contributed by atoms with Crippen molar-refractivity contribution in [3.63, 3.8) is 0 Å². The first-order valence-electron chi connectivity index (χ1n) is 10.6. The Morgan fingerprint density at radius 1 is 1.32 bits per heavy atom. The van der Waals surface area contributed by atoms with Crippen molar-refractivity contribution in [2.75, 3.05) is 13.6 Å². The first-order valence-corrected chi connectivity index (χ1v) is 12.4. The molecule has 3 aromatic heterocycles. The Morgan fingerprint density at radius 2 is 2.19 bits per heavy atom. The van der Waals surface area contributed by atoms with E-state index >= 15 is 0 Å². The van der Waals surface area contributed by atoms with Crippen molar-refractivity contribution in [1.82, 2.24) is 24.6 Å². The van der Waals surface area contributed by atoms with Gasteiger partial charge in [0.2, 0.25) is 5.91 Å². The zero-order valence-electron chi connectivity index (χ0n) is 17.5. The SMILES string of the molecule is CN(Cc1cscn1)C(=O)c1nn(CC2CC2)c2c1CN(C(=O)Cc1cccs1)CC2. The molecule has 3 aromatic rings. The zero-order valence-corrected chi connectivity index (χ0v) is 19.1. The Morgan fingerprint density at radius 3 is 2.90 bits per heavy atom. The number of hydrogen-bond donors (Lipinski definition) is 0. The minimum atomic E-state index is -0.105. The molecule has 0 aromatic carbocycles. The van der Waals surface area contributed by atoms with Crippen LogP contribution in [0.1, 0.15) is 45.2 Å². The molecule has 0 bridgehead atoms. The molecule has 0 unspecified atom stereocenters. The molecule has 0 atom stereocenters.